The maximum absolute atomic E-state index is 12.8. The number of hydrogen-bond donors (Lipinski definition) is 1. The molecule has 23 heavy (non-hydrogen) atoms. The number of hydrogen-bond acceptors (Lipinski definition) is 3. The molecule has 0 aliphatic carbocycles. The van der Waals surface area contributed by atoms with E-state index in [1.165, 1.54) is 12.1 Å². The van der Waals surface area contributed by atoms with Crippen LogP contribution in [-0.2, 0) is 11.4 Å². The summed E-state index contributed by atoms with van der Waals surface area (Å²) in [7, 11) is 0. The molecule has 0 bridgehead atoms. The first kappa shape index (κ1) is 17.2. The van der Waals surface area contributed by atoms with Crippen LogP contribution in [0.25, 0.3) is 0 Å². The number of rotatable bonds is 4. The third-order valence-corrected chi connectivity index (χ3v) is 3.62. The Bertz CT molecular complexity index is 661. The molecule has 1 amide bonds. The van der Waals surface area contributed by atoms with Crippen molar-refractivity contribution in [3.63, 3.8) is 0 Å². The zero-order chi connectivity index (χ0) is 15.5. The number of anilines is 1. The number of nitrogens with two attached hydrogens (primary N) is 1. The summed E-state index contributed by atoms with van der Waals surface area (Å²) in [5, 5.41) is 0. The van der Waals surface area contributed by atoms with Crippen molar-refractivity contribution in [2.24, 2.45) is 5.73 Å². The molecule has 0 spiro atoms. The van der Waals surface area contributed by atoms with E-state index in [-0.39, 0.29) is 30.2 Å². The molecule has 2 aromatic rings. The Hall–Kier alpha value is -2.11. The molecule has 1 aliphatic heterocycles. The summed E-state index contributed by atoms with van der Waals surface area (Å²) in [6.45, 7) is 0.918. The monoisotopic (exact) mass is 336 g/mol. The van der Waals surface area contributed by atoms with E-state index in [1.54, 1.807) is 17.0 Å². The Labute approximate surface area is 140 Å². The number of halogens is 2. The highest BCUT2D eigenvalue weighted by Gasteiger charge is 2.27. The highest BCUT2D eigenvalue weighted by Crippen LogP contribution is 2.24. The lowest BCUT2D eigenvalue weighted by Crippen LogP contribution is -2.27. The van der Waals surface area contributed by atoms with Crippen molar-refractivity contribution in [3.8, 4) is 5.75 Å². The van der Waals surface area contributed by atoms with Crippen LogP contribution in [-0.4, -0.2) is 18.5 Å². The van der Waals surface area contributed by atoms with E-state index in [4.69, 9.17) is 10.5 Å². The van der Waals surface area contributed by atoms with Gasteiger partial charge in [0.15, 0.2) is 0 Å². The van der Waals surface area contributed by atoms with Gasteiger partial charge in [-0.3, -0.25) is 4.79 Å². The molecule has 1 atom stereocenters. The SMILES string of the molecule is Cl.N[C@H]1CC(=O)N(c2ccc(OCc3ccc(F)cc3)cc2)C1. The highest BCUT2D eigenvalue weighted by atomic mass is 35.5. The van der Waals surface area contributed by atoms with E-state index in [9.17, 15) is 9.18 Å². The Morgan fingerprint density at radius 2 is 1.78 bits per heavy atom. The first-order valence-corrected chi connectivity index (χ1v) is 7.15. The van der Waals surface area contributed by atoms with Crippen LogP contribution >= 0.6 is 12.4 Å². The zero-order valence-electron chi connectivity index (χ0n) is 12.4. The second-order valence-corrected chi connectivity index (χ2v) is 5.38. The lowest BCUT2D eigenvalue weighted by molar-refractivity contribution is -0.117. The number of nitrogens with zero attached hydrogens (tertiary/aromatic N) is 1. The van der Waals surface area contributed by atoms with Crippen molar-refractivity contribution >= 4 is 24.0 Å². The van der Waals surface area contributed by atoms with Gasteiger partial charge >= 0.3 is 0 Å². The number of benzene rings is 2. The Morgan fingerprint density at radius 1 is 1.13 bits per heavy atom. The molecular weight excluding hydrogens is 319 g/mol. The van der Waals surface area contributed by atoms with E-state index < -0.39 is 0 Å². The fourth-order valence-electron chi connectivity index (χ4n) is 2.45. The quantitative estimate of drug-likeness (QED) is 0.934. The van der Waals surface area contributed by atoms with Crippen molar-refractivity contribution in [2.45, 2.75) is 19.1 Å². The van der Waals surface area contributed by atoms with Gasteiger partial charge in [-0.25, -0.2) is 4.39 Å². The maximum atomic E-state index is 12.8. The van der Waals surface area contributed by atoms with E-state index in [0.717, 1.165) is 11.3 Å². The van der Waals surface area contributed by atoms with Gasteiger partial charge in [-0.2, -0.15) is 0 Å². The van der Waals surface area contributed by atoms with Gasteiger partial charge in [0, 0.05) is 24.7 Å². The molecule has 0 unspecified atom stereocenters. The lowest BCUT2D eigenvalue weighted by atomic mass is 10.2. The first-order chi connectivity index (χ1) is 10.6. The van der Waals surface area contributed by atoms with Gasteiger partial charge in [-0.15, -0.1) is 12.4 Å². The van der Waals surface area contributed by atoms with Gasteiger partial charge in [0.05, 0.1) is 0 Å². The average molecular weight is 337 g/mol. The van der Waals surface area contributed by atoms with Crippen LogP contribution in [0.5, 0.6) is 5.75 Å². The Morgan fingerprint density at radius 3 is 2.35 bits per heavy atom. The highest BCUT2D eigenvalue weighted by molar-refractivity contribution is 5.96. The number of amides is 1. The summed E-state index contributed by atoms with van der Waals surface area (Å²) in [6.07, 6.45) is 0.392. The van der Waals surface area contributed by atoms with Crippen LogP contribution in [0.1, 0.15) is 12.0 Å². The fourth-order valence-corrected chi connectivity index (χ4v) is 2.45. The minimum Gasteiger partial charge on any atom is -0.489 e. The summed E-state index contributed by atoms with van der Waals surface area (Å²) >= 11 is 0. The van der Waals surface area contributed by atoms with Crippen molar-refractivity contribution in [1.82, 2.24) is 0 Å². The van der Waals surface area contributed by atoms with E-state index in [0.29, 0.717) is 25.3 Å². The molecule has 3 rings (SSSR count). The van der Waals surface area contributed by atoms with Crippen molar-refractivity contribution in [2.75, 3.05) is 11.4 Å². The van der Waals surface area contributed by atoms with Crippen LogP contribution in [0.15, 0.2) is 48.5 Å². The molecule has 0 saturated carbocycles. The zero-order valence-corrected chi connectivity index (χ0v) is 13.3. The molecule has 1 aliphatic rings. The van der Waals surface area contributed by atoms with Gasteiger partial charge in [0.1, 0.15) is 18.2 Å². The Balaban J connectivity index is 0.00000192. The summed E-state index contributed by atoms with van der Waals surface area (Å²) in [5.41, 5.74) is 7.51. The molecule has 2 N–H and O–H groups in total. The predicted octanol–water partition coefficient (Wildman–Crippen LogP) is 2.89. The van der Waals surface area contributed by atoms with Gasteiger partial charge in [-0.05, 0) is 42.0 Å². The molecule has 6 heteroatoms. The second-order valence-electron chi connectivity index (χ2n) is 5.38. The molecule has 1 saturated heterocycles. The van der Waals surface area contributed by atoms with Crippen molar-refractivity contribution < 1.29 is 13.9 Å². The van der Waals surface area contributed by atoms with E-state index in [1.807, 2.05) is 24.3 Å². The molecule has 1 fully saturated rings. The summed E-state index contributed by atoms with van der Waals surface area (Å²) in [6, 6.07) is 13.4. The first-order valence-electron chi connectivity index (χ1n) is 7.15. The van der Waals surface area contributed by atoms with Crippen LogP contribution in [0.3, 0.4) is 0 Å². The fraction of sp³-hybridized carbons (Fsp3) is 0.235. The lowest BCUT2D eigenvalue weighted by Gasteiger charge is -2.16. The number of carbonyl (C=O) groups is 1. The molecule has 0 aromatic heterocycles. The average Bonchev–Trinajstić information content (AvgIpc) is 2.86. The third kappa shape index (κ3) is 4.21. The summed E-state index contributed by atoms with van der Waals surface area (Å²) in [4.78, 5) is 13.5. The molecule has 0 radical (unpaired) electrons. The van der Waals surface area contributed by atoms with Crippen LogP contribution < -0.4 is 15.4 Å². The minimum atomic E-state index is -0.262. The number of carbonyl (C=O) groups excluding carboxylic acids is 1. The van der Waals surface area contributed by atoms with Gasteiger partial charge in [0.2, 0.25) is 5.91 Å². The van der Waals surface area contributed by atoms with Gasteiger partial charge < -0.3 is 15.4 Å². The third-order valence-electron chi connectivity index (χ3n) is 3.62. The molecule has 122 valence electrons. The molecule has 4 nitrogen and oxygen atoms in total. The smallest absolute Gasteiger partial charge is 0.228 e. The topological polar surface area (TPSA) is 55.6 Å². The van der Waals surface area contributed by atoms with Gasteiger partial charge in [-0.1, -0.05) is 12.1 Å². The predicted molar refractivity (Wildman–Crippen MR) is 89.4 cm³/mol. The molecular formula is C17H18ClFN2O2. The largest absolute Gasteiger partial charge is 0.489 e. The van der Waals surface area contributed by atoms with Crippen LogP contribution in [0.4, 0.5) is 10.1 Å². The Kier molecular flexibility index (Phi) is 5.58. The van der Waals surface area contributed by atoms with Crippen LogP contribution in [0, 0.1) is 5.82 Å². The van der Waals surface area contributed by atoms with Crippen molar-refractivity contribution in [3.05, 3.63) is 59.9 Å². The maximum Gasteiger partial charge on any atom is 0.228 e. The van der Waals surface area contributed by atoms with Crippen molar-refractivity contribution in [1.29, 1.82) is 0 Å². The molecule has 1 heterocycles. The standard InChI is InChI=1S/C17H17FN2O2.ClH/c18-13-3-1-12(2-4-13)11-22-16-7-5-15(6-8-16)20-10-14(19)9-17(20)21;/h1-8,14H,9-11,19H2;1H/t14-;/m0./s1. The van der Waals surface area contributed by atoms with E-state index >= 15 is 0 Å². The summed E-state index contributed by atoms with van der Waals surface area (Å²) in [5.74, 6) is 0.484. The van der Waals surface area contributed by atoms with E-state index in [2.05, 4.69) is 0 Å². The summed E-state index contributed by atoms with van der Waals surface area (Å²) < 4.78 is 18.5. The van der Waals surface area contributed by atoms with Crippen LogP contribution in [0.2, 0.25) is 0 Å². The normalized spacial score (nSPS) is 17.0. The minimum absolute atomic E-state index is 0. The second kappa shape index (κ2) is 7.44. The molecule has 2 aromatic carbocycles. The van der Waals surface area contributed by atoms with Gasteiger partial charge in [0.25, 0.3) is 0 Å². The number of ether oxygens (including phenoxy) is 1.